The molecule has 0 heterocycles. The van der Waals surface area contributed by atoms with Crippen LogP contribution < -0.4 is 5.32 Å². The molecule has 0 aliphatic rings. The molecule has 0 aromatic heterocycles. The average Bonchev–Trinajstić information content (AvgIpc) is 2.54. The van der Waals surface area contributed by atoms with Gasteiger partial charge < -0.3 is 19.5 Å². The van der Waals surface area contributed by atoms with Gasteiger partial charge in [-0.05, 0) is 0 Å². The van der Waals surface area contributed by atoms with Crippen molar-refractivity contribution in [3.63, 3.8) is 0 Å². The number of hydrogen-bond donors (Lipinski definition) is 1. The van der Waals surface area contributed by atoms with Gasteiger partial charge in [-0.25, -0.2) is 4.79 Å². The number of halogens is 1. The van der Waals surface area contributed by atoms with Crippen molar-refractivity contribution in [1.29, 1.82) is 0 Å². The van der Waals surface area contributed by atoms with E-state index < -0.39 is 5.97 Å². The van der Waals surface area contributed by atoms with E-state index in [-0.39, 0.29) is 18.9 Å². The van der Waals surface area contributed by atoms with E-state index in [9.17, 15) is 9.59 Å². The van der Waals surface area contributed by atoms with Crippen LogP contribution in [0, 0.1) is 0 Å². The Bertz CT molecular complexity index is 264. The summed E-state index contributed by atoms with van der Waals surface area (Å²) in [5.74, 6) is -0.472. The molecular formula is C13H24BrNO7. The van der Waals surface area contributed by atoms with E-state index in [0.29, 0.717) is 51.5 Å². The molecule has 0 aliphatic heterocycles. The smallest absolute Gasteiger partial charge is 0.342 e. The number of hydrogen-bond acceptors (Lipinski definition) is 7. The van der Waals surface area contributed by atoms with Crippen LogP contribution in [0.25, 0.3) is 0 Å². The highest BCUT2D eigenvalue weighted by Gasteiger charge is 1.99. The third kappa shape index (κ3) is 15.6. The summed E-state index contributed by atoms with van der Waals surface area (Å²) in [6.45, 7) is 4.91. The van der Waals surface area contributed by atoms with Crippen molar-refractivity contribution in [2.24, 2.45) is 0 Å². The molecule has 0 aromatic rings. The second kappa shape index (κ2) is 16.6. The molecular weight excluding hydrogens is 362 g/mol. The average molecular weight is 386 g/mol. The molecule has 0 atom stereocenters. The van der Waals surface area contributed by atoms with Gasteiger partial charge in [0.25, 0.3) is 0 Å². The van der Waals surface area contributed by atoms with E-state index in [1.165, 1.54) is 0 Å². The van der Waals surface area contributed by atoms with E-state index in [1.54, 1.807) is 6.92 Å². The van der Waals surface area contributed by atoms with E-state index in [0.717, 1.165) is 0 Å². The Labute approximate surface area is 138 Å². The second-order valence-corrected chi connectivity index (χ2v) is 4.51. The van der Waals surface area contributed by atoms with E-state index in [2.05, 4.69) is 31.0 Å². The van der Waals surface area contributed by atoms with E-state index in [1.807, 2.05) is 0 Å². The topological polar surface area (TPSA) is 92.3 Å². The normalized spacial score (nSPS) is 10.5. The van der Waals surface area contributed by atoms with Gasteiger partial charge in [0.05, 0.1) is 45.0 Å². The van der Waals surface area contributed by atoms with Gasteiger partial charge in [0, 0.05) is 13.0 Å². The first-order valence-electron chi connectivity index (χ1n) is 7.08. The Morgan fingerprint density at radius 1 is 0.909 bits per heavy atom. The standard InChI is InChI=1S/C13H24BrNO7/c1-2-13(17)22-21-10-9-20-8-7-19-6-5-18-4-3-15-12(16)11-14/h2-11H2,1H3,(H,15,16). The molecule has 22 heavy (non-hydrogen) atoms. The molecule has 0 spiro atoms. The number of carbonyl (C=O) groups is 2. The van der Waals surface area contributed by atoms with Crippen LogP contribution >= 0.6 is 15.9 Å². The Hall–Kier alpha value is -0.740. The van der Waals surface area contributed by atoms with Crippen LogP contribution in [0.5, 0.6) is 0 Å². The summed E-state index contributed by atoms with van der Waals surface area (Å²) in [7, 11) is 0. The van der Waals surface area contributed by atoms with Gasteiger partial charge in [0.2, 0.25) is 5.91 Å². The summed E-state index contributed by atoms with van der Waals surface area (Å²) in [5.41, 5.74) is 0. The van der Waals surface area contributed by atoms with Crippen LogP contribution in [-0.2, 0) is 33.6 Å². The summed E-state index contributed by atoms with van der Waals surface area (Å²) in [6.07, 6.45) is 0.277. The molecule has 1 amide bonds. The number of rotatable bonds is 15. The number of alkyl halides is 1. The lowest BCUT2D eigenvalue weighted by atomic mass is 10.5. The minimum atomic E-state index is -0.407. The Morgan fingerprint density at radius 3 is 2.00 bits per heavy atom. The molecule has 0 radical (unpaired) electrons. The molecule has 9 heteroatoms. The maximum Gasteiger partial charge on any atom is 0.342 e. The largest absolute Gasteiger partial charge is 0.377 e. The Balaban J connectivity index is 3.05. The van der Waals surface area contributed by atoms with Crippen LogP contribution in [0.2, 0.25) is 0 Å². The fourth-order valence-corrected chi connectivity index (χ4v) is 1.31. The molecule has 8 nitrogen and oxygen atoms in total. The molecule has 0 aliphatic carbocycles. The molecule has 0 rings (SSSR count). The van der Waals surface area contributed by atoms with Crippen LogP contribution in [-0.4, -0.2) is 70.0 Å². The van der Waals surface area contributed by atoms with Crippen LogP contribution in [0.1, 0.15) is 13.3 Å². The first-order valence-corrected chi connectivity index (χ1v) is 8.21. The summed E-state index contributed by atoms with van der Waals surface area (Å²) in [4.78, 5) is 30.6. The highest BCUT2D eigenvalue weighted by molar-refractivity contribution is 9.09. The lowest BCUT2D eigenvalue weighted by molar-refractivity contribution is -0.276. The van der Waals surface area contributed by atoms with E-state index >= 15 is 0 Å². The Morgan fingerprint density at radius 2 is 1.45 bits per heavy atom. The third-order valence-electron chi connectivity index (χ3n) is 2.19. The fraction of sp³-hybridized carbons (Fsp3) is 0.846. The zero-order valence-corrected chi connectivity index (χ0v) is 14.4. The predicted molar refractivity (Wildman–Crippen MR) is 81.6 cm³/mol. The van der Waals surface area contributed by atoms with Crippen molar-refractivity contribution < 1.29 is 33.6 Å². The third-order valence-corrected chi connectivity index (χ3v) is 2.69. The highest BCUT2D eigenvalue weighted by Crippen LogP contribution is 1.87. The molecule has 0 fully saturated rings. The lowest BCUT2D eigenvalue weighted by Crippen LogP contribution is -2.28. The quantitative estimate of drug-likeness (QED) is 0.189. The first kappa shape index (κ1) is 21.3. The monoisotopic (exact) mass is 385 g/mol. The van der Waals surface area contributed by atoms with Gasteiger partial charge in [-0.15, -0.1) is 0 Å². The summed E-state index contributed by atoms with van der Waals surface area (Å²) >= 11 is 3.05. The SMILES string of the molecule is CCC(=O)OOCCOCCOCCOCCNC(=O)CBr. The first-order chi connectivity index (χ1) is 10.7. The van der Waals surface area contributed by atoms with Gasteiger partial charge in [-0.3, -0.25) is 9.68 Å². The molecule has 0 bridgehead atoms. The van der Waals surface area contributed by atoms with Gasteiger partial charge in [0.1, 0.15) is 6.61 Å². The Kier molecular flexibility index (Phi) is 16.1. The van der Waals surface area contributed by atoms with Crippen molar-refractivity contribution in [3.8, 4) is 0 Å². The van der Waals surface area contributed by atoms with Crippen LogP contribution in [0.3, 0.4) is 0 Å². The molecule has 1 N–H and O–H groups in total. The molecule has 0 saturated heterocycles. The van der Waals surface area contributed by atoms with Gasteiger partial charge in [-0.1, -0.05) is 22.9 Å². The summed E-state index contributed by atoms with van der Waals surface area (Å²) in [6, 6.07) is 0. The summed E-state index contributed by atoms with van der Waals surface area (Å²) in [5, 5.41) is 2.96. The van der Waals surface area contributed by atoms with Crippen molar-refractivity contribution in [2.75, 3.05) is 58.1 Å². The van der Waals surface area contributed by atoms with Crippen LogP contribution in [0.15, 0.2) is 0 Å². The minimum absolute atomic E-state index is 0.0644. The predicted octanol–water partition coefficient (Wildman–Crippen LogP) is 0.432. The maximum absolute atomic E-state index is 10.9. The van der Waals surface area contributed by atoms with Crippen molar-refractivity contribution in [2.45, 2.75) is 13.3 Å². The highest BCUT2D eigenvalue weighted by atomic mass is 79.9. The molecule has 0 unspecified atom stereocenters. The van der Waals surface area contributed by atoms with Gasteiger partial charge in [0.15, 0.2) is 0 Å². The number of nitrogens with one attached hydrogen (secondary N) is 1. The maximum atomic E-state index is 10.9. The summed E-state index contributed by atoms with van der Waals surface area (Å²) < 4.78 is 15.7. The molecule has 0 saturated carbocycles. The van der Waals surface area contributed by atoms with Crippen molar-refractivity contribution >= 4 is 27.8 Å². The lowest BCUT2D eigenvalue weighted by Gasteiger charge is -2.07. The van der Waals surface area contributed by atoms with Crippen LogP contribution in [0.4, 0.5) is 0 Å². The molecule has 0 aromatic carbocycles. The second-order valence-electron chi connectivity index (χ2n) is 3.95. The van der Waals surface area contributed by atoms with Crippen molar-refractivity contribution in [3.05, 3.63) is 0 Å². The fourth-order valence-electron chi connectivity index (χ4n) is 1.11. The zero-order valence-electron chi connectivity index (χ0n) is 12.8. The number of ether oxygens (including phenoxy) is 3. The number of amides is 1. The zero-order chi connectivity index (χ0) is 16.5. The molecule has 130 valence electrons. The minimum Gasteiger partial charge on any atom is -0.377 e. The number of carbonyl (C=O) groups excluding carboxylic acids is 2. The van der Waals surface area contributed by atoms with Gasteiger partial charge >= 0.3 is 5.97 Å². The van der Waals surface area contributed by atoms with Crippen molar-refractivity contribution in [1.82, 2.24) is 5.32 Å². The van der Waals surface area contributed by atoms with E-state index in [4.69, 9.17) is 14.2 Å². The van der Waals surface area contributed by atoms with Gasteiger partial charge in [-0.2, -0.15) is 4.89 Å².